The number of rotatable bonds is 4. The second-order valence-electron chi connectivity index (χ2n) is 7.61. The molecule has 9 heteroatoms. The van der Waals surface area contributed by atoms with Crippen LogP contribution in [0.15, 0.2) is 59.5 Å². The van der Waals surface area contributed by atoms with Crippen molar-refractivity contribution in [1.82, 2.24) is 9.42 Å². The predicted molar refractivity (Wildman–Crippen MR) is 111 cm³/mol. The van der Waals surface area contributed by atoms with Gasteiger partial charge in [0.05, 0.1) is 4.90 Å². The predicted octanol–water partition coefficient (Wildman–Crippen LogP) is 4.10. The molecular formula is C21H26N2O6S. The van der Waals surface area contributed by atoms with E-state index in [1.165, 1.54) is 12.1 Å². The molecule has 0 saturated carbocycles. The van der Waals surface area contributed by atoms with Crippen LogP contribution in [-0.2, 0) is 26.1 Å². The van der Waals surface area contributed by atoms with Gasteiger partial charge in [0.2, 0.25) is 0 Å². The Bertz CT molecular complexity index is 982. The number of benzene rings is 2. The molecular weight excluding hydrogens is 408 g/mol. The van der Waals surface area contributed by atoms with Crippen LogP contribution in [-0.4, -0.2) is 42.7 Å². The van der Waals surface area contributed by atoms with Crippen LogP contribution in [0.1, 0.15) is 31.9 Å². The van der Waals surface area contributed by atoms with Gasteiger partial charge < -0.3 is 9.47 Å². The molecule has 2 aromatic rings. The summed E-state index contributed by atoms with van der Waals surface area (Å²) in [5, 5.41) is 0.589. The normalized spacial score (nSPS) is 11.5. The van der Waals surface area contributed by atoms with Gasteiger partial charge in [-0.15, -0.1) is 0 Å². The van der Waals surface area contributed by atoms with E-state index in [1.807, 2.05) is 6.07 Å². The van der Waals surface area contributed by atoms with Gasteiger partial charge >= 0.3 is 12.2 Å². The molecule has 30 heavy (non-hydrogen) atoms. The van der Waals surface area contributed by atoms with Crippen LogP contribution >= 0.6 is 0 Å². The van der Waals surface area contributed by atoms with Gasteiger partial charge in [-0.3, -0.25) is 0 Å². The van der Waals surface area contributed by atoms with Gasteiger partial charge in [-0.1, -0.05) is 52.4 Å². The van der Waals surface area contributed by atoms with Crippen molar-refractivity contribution >= 4 is 22.2 Å². The molecule has 0 N–H and O–H groups in total. The monoisotopic (exact) mass is 434 g/mol. The Morgan fingerprint density at radius 3 is 2.03 bits per heavy atom. The SMILES string of the molecule is Cc1ccc(S(=O)(=O)N(C(=O)OC(C)(C)C)N(C)C(=O)OCc2ccccc2)cc1. The largest absolute Gasteiger partial charge is 0.444 e. The minimum absolute atomic E-state index is 0.0866. The highest BCUT2D eigenvalue weighted by molar-refractivity contribution is 7.89. The maximum Gasteiger partial charge on any atom is 0.444 e. The van der Waals surface area contributed by atoms with Crippen LogP contribution in [0, 0.1) is 6.92 Å². The first kappa shape index (κ1) is 23.2. The van der Waals surface area contributed by atoms with E-state index in [0.29, 0.717) is 10.6 Å². The number of aryl methyl sites for hydroxylation is 1. The van der Waals surface area contributed by atoms with Gasteiger partial charge in [-0.05, 0) is 45.4 Å². The third-order valence-corrected chi connectivity index (χ3v) is 5.56. The average molecular weight is 435 g/mol. The topological polar surface area (TPSA) is 93.2 Å². The highest BCUT2D eigenvalue weighted by atomic mass is 32.2. The van der Waals surface area contributed by atoms with Gasteiger partial charge in [-0.25, -0.2) is 14.6 Å². The fraction of sp³-hybridized carbons (Fsp3) is 0.333. The zero-order valence-electron chi connectivity index (χ0n) is 17.7. The van der Waals surface area contributed by atoms with Gasteiger partial charge in [0.1, 0.15) is 12.2 Å². The molecule has 162 valence electrons. The van der Waals surface area contributed by atoms with Crippen molar-refractivity contribution in [2.75, 3.05) is 7.05 Å². The highest BCUT2D eigenvalue weighted by Gasteiger charge is 2.39. The summed E-state index contributed by atoms with van der Waals surface area (Å²) in [6.07, 6.45) is -2.25. The summed E-state index contributed by atoms with van der Waals surface area (Å²) in [5.41, 5.74) is 0.574. The molecule has 0 aromatic heterocycles. The molecule has 0 atom stereocenters. The molecule has 0 aliphatic heterocycles. The third kappa shape index (κ3) is 5.96. The Morgan fingerprint density at radius 2 is 1.50 bits per heavy atom. The van der Waals surface area contributed by atoms with Crippen LogP contribution in [0.3, 0.4) is 0 Å². The first-order valence-corrected chi connectivity index (χ1v) is 10.6. The average Bonchev–Trinajstić information content (AvgIpc) is 2.65. The van der Waals surface area contributed by atoms with Gasteiger partial charge in [-0.2, -0.15) is 8.42 Å². The van der Waals surface area contributed by atoms with Crippen molar-refractivity contribution in [3.63, 3.8) is 0 Å². The van der Waals surface area contributed by atoms with Crippen LogP contribution in [0.4, 0.5) is 9.59 Å². The van der Waals surface area contributed by atoms with Crippen LogP contribution in [0.5, 0.6) is 0 Å². The highest BCUT2D eigenvalue weighted by Crippen LogP contribution is 2.22. The first-order chi connectivity index (χ1) is 13.9. The number of carbonyl (C=O) groups is 2. The van der Waals surface area contributed by atoms with Crippen molar-refractivity contribution in [2.24, 2.45) is 0 Å². The molecule has 0 unspecified atom stereocenters. The number of hydrazine groups is 1. The van der Waals surface area contributed by atoms with Crippen LogP contribution < -0.4 is 0 Å². The molecule has 0 fully saturated rings. The second kappa shape index (κ2) is 9.17. The molecule has 0 radical (unpaired) electrons. The van der Waals surface area contributed by atoms with Crippen molar-refractivity contribution in [3.8, 4) is 0 Å². The molecule has 2 aromatic carbocycles. The lowest BCUT2D eigenvalue weighted by Crippen LogP contribution is -2.52. The van der Waals surface area contributed by atoms with Crippen molar-refractivity contribution in [3.05, 3.63) is 65.7 Å². The summed E-state index contributed by atoms with van der Waals surface area (Å²) < 4.78 is 37.0. The Kier molecular flexibility index (Phi) is 7.09. The Morgan fingerprint density at radius 1 is 0.933 bits per heavy atom. The molecule has 0 bridgehead atoms. The van der Waals surface area contributed by atoms with E-state index in [9.17, 15) is 18.0 Å². The van der Waals surface area contributed by atoms with Crippen LogP contribution in [0.25, 0.3) is 0 Å². The minimum Gasteiger partial charge on any atom is -0.443 e. The fourth-order valence-corrected chi connectivity index (χ4v) is 3.68. The standard InChI is InChI=1S/C21H26N2O6S/c1-16-11-13-18(14-12-16)30(26,27)23(20(25)29-21(2,3)4)22(5)19(24)28-15-17-9-7-6-8-10-17/h6-14H,15H2,1-5H3. The maximum atomic E-state index is 13.2. The molecule has 0 spiro atoms. The number of hydrogen-bond acceptors (Lipinski definition) is 6. The molecule has 0 heterocycles. The lowest BCUT2D eigenvalue weighted by atomic mass is 10.2. The summed E-state index contributed by atoms with van der Waals surface area (Å²) >= 11 is 0. The van der Waals surface area contributed by atoms with E-state index in [2.05, 4.69) is 0 Å². The van der Waals surface area contributed by atoms with Crippen molar-refractivity contribution in [1.29, 1.82) is 0 Å². The molecule has 2 rings (SSSR count). The van der Waals surface area contributed by atoms with E-state index in [-0.39, 0.29) is 15.9 Å². The fourth-order valence-electron chi connectivity index (χ4n) is 2.38. The third-order valence-electron chi connectivity index (χ3n) is 3.84. The Hall–Kier alpha value is -3.07. The first-order valence-electron chi connectivity index (χ1n) is 9.21. The molecule has 8 nitrogen and oxygen atoms in total. The summed E-state index contributed by atoms with van der Waals surface area (Å²) in [4.78, 5) is 25.1. The van der Waals surface area contributed by atoms with E-state index in [0.717, 1.165) is 12.6 Å². The molecule has 0 saturated heterocycles. The Balaban J connectivity index is 2.33. The number of amides is 2. The summed E-state index contributed by atoms with van der Waals surface area (Å²) in [6.45, 7) is 6.49. The molecule has 0 aliphatic rings. The smallest absolute Gasteiger partial charge is 0.443 e. The van der Waals surface area contributed by atoms with Crippen molar-refractivity contribution < 1.29 is 27.5 Å². The number of nitrogens with zero attached hydrogens (tertiary/aromatic N) is 2. The second-order valence-corrected chi connectivity index (χ2v) is 9.37. The van der Waals surface area contributed by atoms with Gasteiger partial charge in [0, 0.05) is 7.05 Å². The summed E-state index contributed by atoms with van der Waals surface area (Å²) in [7, 11) is -3.30. The van der Waals surface area contributed by atoms with Crippen molar-refractivity contribution in [2.45, 2.75) is 44.8 Å². The van der Waals surface area contributed by atoms with E-state index >= 15 is 0 Å². The summed E-state index contributed by atoms with van der Waals surface area (Å²) in [6, 6.07) is 14.8. The zero-order valence-corrected chi connectivity index (χ0v) is 18.5. The quantitative estimate of drug-likeness (QED) is 0.673. The molecule has 2 amide bonds. The number of carbonyl (C=O) groups excluding carboxylic acids is 2. The maximum absolute atomic E-state index is 13.2. The number of ether oxygens (including phenoxy) is 2. The number of hydrogen-bond donors (Lipinski definition) is 0. The lowest BCUT2D eigenvalue weighted by Gasteiger charge is -2.31. The van der Waals surface area contributed by atoms with Gasteiger partial charge in [0.25, 0.3) is 10.0 Å². The lowest BCUT2D eigenvalue weighted by molar-refractivity contribution is -0.00333. The zero-order chi connectivity index (χ0) is 22.5. The van der Waals surface area contributed by atoms with Gasteiger partial charge in [0.15, 0.2) is 0 Å². The minimum atomic E-state index is -4.43. The Labute approximate surface area is 177 Å². The molecule has 0 aliphatic carbocycles. The van der Waals surface area contributed by atoms with E-state index in [4.69, 9.17) is 9.47 Å². The summed E-state index contributed by atoms with van der Waals surface area (Å²) in [5.74, 6) is 0. The number of sulfonamides is 1. The van der Waals surface area contributed by atoms with Crippen LogP contribution in [0.2, 0.25) is 0 Å². The van der Waals surface area contributed by atoms with E-state index in [1.54, 1.807) is 64.1 Å². The van der Waals surface area contributed by atoms with E-state index < -0.39 is 27.8 Å².